The van der Waals surface area contributed by atoms with Crippen LogP contribution in [0.4, 0.5) is 4.39 Å². The number of aryl methyl sites for hydroxylation is 2. The minimum atomic E-state index is -0.289. The Morgan fingerprint density at radius 2 is 2.20 bits per heavy atom. The molecule has 1 aromatic carbocycles. The Morgan fingerprint density at radius 1 is 1.36 bits per heavy atom. The SMILES string of the molecule is CCn1cnc(C)c1-c1coc(C(=O)NCCc2cccc(F)c2)c1. The van der Waals surface area contributed by atoms with Gasteiger partial charge >= 0.3 is 0 Å². The highest BCUT2D eigenvalue weighted by molar-refractivity contribution is 5.92. The van der Waals surface area contributed by atoms with Crippen molar-refractivity contribution < 1.29 is 13.6 Å². The second kappa shape index (κ2) is 7.34. The highest BCUT2D eigenvalue weighted by Crippen LogP contribution is 2.25. The van der Waals surface area contributed by atoms with Crippen LogP contribution < -0.4 is 5.32 Å². The fourth-order valence-electron chi connectivity index (χ4n) is 2.78. The topological polar surface area (TPSA) is 60.1 Å². The summed E-state index contributed by atoms with van der Waals surface area (Å²) in [6.07, 6.45) is 3.90. The minimum Gasteiger partial charge on any atom is -0.458 e. The second-order valence-corrected chi connectivity index (χ2v) is 5.80. The maximum Gasteiger partial charge on any atom is 0.287 e. The van der Waals surface area contributed by atoms with E-state index in [1.165, 1.54) is 12.1 Å². The fraction of sp³-hybridized carbons (Fsp3) is 0.263. The third-order valence-electron chi connectivity index (χ3n) is 4.05. The molecule has 1 N–H and O–H groups in total. The molecule has 0 spiro atoms. The highest BCUT2D eigenvalue weighted by Gasteiger charge is 2.16. The van der Waals surface area contributed by atoms with Crippen LogP contribution in [-0.4, -0.2) is 22.0 Å². The van der Waals surface area contributed by atoms with E-state index in [0.29, 0.717) is 13.0 Å². The van der Waals surface area contributed by atoms with Gasteiger partial charge in [0.2, 0.25) is 0 Å². The van der Waals surface area contributed by atoms with Crippen LogP contribution in [0.2, 0.25) is 0 Å². The predicted molar refractivity (Wildman–Crippen MR) is 92.8 cm³/mol. The Morgan fingerprint density at radius 3 is 2.96 bits per heavy atom. The average molecular weight is 341 g/mol. The Hall–Kier alpha value is -2.89. The van der Waals surface area contributed by atoms with Gasteiger partial charge in [0.25, 0.3) is 5.91 Å². The van der Waals surface area contributed by atoms with Crippen LogP contribution in [0.25, 0.3) is 11.3 Å². The number of carbonyl (C=O) groups is 1. The first-order valence-corrected chi connectivity index (χ1v) is 8.21. The summed E-state index contributed by atoms with van der Waals surface area (Å²) in [6, 6.07) is 8.06. The van der Waals surface area contributed by atoms with Crippen molar-refractivity contribution in [1.29, 1.82) is 0 Å². The number of imidazole rings is 1. The Kier molecular flexibility index (Phi) is 4.97. The van der Waals surface area contributed by atoms with Gasteiger partial charge < -0.3 is 14.3 Å². The summed E-state index contributed by atoms with van der Waals surface area (Å²) in [6.45, 7) is 5.15. The molecular formula is C19H20FN3O2. The summed E-state index contributed by atoms with van der Waals surface area (Å²) in [5, 5.41) is 2.79. The molecule has 5 nitrogen and oxygen atoms in total. The van der Waals surface area contributed by atoms with E-state index in [4.69, 9.17) is 4.42 Å². The van der Waals surface area contributed by atoms with E-state index >= 15 is 0 Å². The van der Waals surface area contributed by atoms with Gasteiger partial charge in [0.05, 0.1) is 17.7 Å². The van der Waals surface area contributed by atoms with E-state index in [9.17, 15) is 9.18 Å². The molecule has 0 fully saturated rings. The standard InChI is InChI=1S/C19H20FN3O2/c1-3-23-12-22-13(2)18(23)15-10-17(25-11-15)19(24)21-8-7-14-5-4-6-16(20)9-14/h4-6,9-12H,3,7-8H2,1-2H3,(H,21,24). The lowest BCUT2D eigenvalue weighted by Crippen LogP contribution is -2.25. The van der Waals surface area contributed by atoms with Gasteiger partial charge in [-0.05, 0) is 44.0 Å². The number of nitrogens with zero attached hydrogens (tertiary/aromatic N) is 2. The maximum absolute atomic E-state index is 13.1. The molecule has 0 saturated carbocycles. The van der Waals surface area contributed by atoms with Crippen molar-refractivity contribution >= 4 is 5.91 Å². The van der Waals surface area contributed by atoms with Crippen LogP contribution >= 0.6 is 0 Å². The summed E-state index contributed by atoms with van der Waals surface area (Å²) in [7, 11) is 0. The molecule has 3 rings (SSSR count). The van der Waals surface area contributed by atoms with E-state index in [-0.39, 0.29) is 17.5 Å². The first kappa shape index (κ1) is 17.0. The molecular weight excluding hydrogens is 321 g/mol. The molecule has 25 heavy (non-hydrogen) atoms. The zero-order valence-corrected chi connectivity index (χ0v) is 14.3. The number of halogens is 1. The molecule has 0 saturated heterocycles. The Labute approximate surface area is 145 Å². The average Bonchev–Trinajstić information content (AvgIpc) is 3.21. The highest BCUT2D eigenvalue weighted by atomic mass is 19.1. The molecule has 0 bridgehead atoms. The van der Waals surface area contributed by atoms with E-state index in [1.807, 2.05) is 24.5 Å². The number of hydrogen-bond donors (Lipinski definition) is 1. The largest absolute Gasteiger partial charge is 0.458 e. The number of rotatable bonds is 6. The van der Waals surface area contributed by atoms with Crippen LogP contribution in [0.15, 0.2) is 47.3 Å². The quantitative estimate of drug-likeness (QED) is 0.745. The van der Waals surface area contributed by atoms with Crippen molar-refractivity contribution in [3.8, 4) is 11.3 Å². The normalized spacial score (nSPS) is 10.8. The Bertz CT molecular complexity index is 882. The maximum atomic E-state index is 13.1. The van der Waals surface area contributed by atoms with Gasteiger partial charge in [0, 0.05) is 18.7 Å². The molecule has 2 aromatic heterocycles. The van der Waals surface area contributed by atoms with Crippen molar-refractivity contribution in [3.05, 3.63) is 65.8 Å². The third kappa shape index (κ3) is 3.79. The van der Waals surface area contributed by atoms with Gasteiger partial charge in [-0.25, -0.2) is 9.37 Å². The number of benzene rings is 1. The Balaban J connectivity index is 1.64. The molecule has 0 aliphatic carbocycles. The first-order chi connectivity index (χ1) is 12.1. The zero-order valence-electron chi connectivity index (χ0n) is 14.3. The molecule has 2 heterocycles. The van der Waals surface area contributed by atoms with Gasteiger partial charge in [-0.15, -0.1) is 0 Å². The van der Waals surface area contributed by atoms with Crippen LogP contribution in [0.3, 0.4) is 0 Å². The summed E-state index contributed by atoms with van der Waals surface area (Å²) >= 11 is 0. The van der Waals surface area contributed by atoms with Crippen molar-refractivity contribution in [2.45, 2.75) is 26.8 Å². The number of furan rings is 1. The van der Waals surface area contributed by atoms with Crippen LogP contribution in [0.5, 0.6) is 0 Å². The number of amides is 1. The lowest BCUT2D eigenvalue weighted by molar-refractivity contribution is 0.0926. The first-order valence-electron chi connectivity index (χ1n) is 8.21. The summed E-state index contributed by atoms with van der Waals surface area (Å²) in [5.74, 6) is -0.317. The van der Waals surface area contributed by atoms with E-state index in [1.54, 1.807) is 24.7 Å². The number of carbonyl (C=O) groups excluding carboxylic acids is 1. The smallest absolute Gasteiger partial charge is 0.287 e. The molecule has 0 radical (unpaired) electrons. The zero-order chi connectivity index (χ0) is 17.8. The van der Waals surface area contributed by atoms with Gasteiger partial charge in [-0.2, -0.15) is 0 Å². The lowest BCUT2D eigenvalue weighted by atomic mass is 10.1. The number of nitrogens with one attached hydrogen (secondary N) is 1. The van der Waals surface area contributed by atoms with Crippen molar-refractivity contribution in [2.24, 2.45) is 0 Å². The summed E-state index contributed by atoms with van der Waals surface area (Å²) in [4.78, 5) is 16.5. The van der Waals surface area contributed by atoms with Crippen molar-refractivity contribution in [2.75, 3.05) is 6.54 Å². The van der Waals surface area contributed by atoms with Gasteiger partial charge in [-0.1, -0.05) is 12.1 Å². The molecule has 0 aliphatic heterocycles. The molecule has 1 amide bonds. The molecule has 0 atom stereocenters. The minimum absolute atomic E-state index is 0.248. The van der Waals surface area contributed by atoms with Gasteiger partial charge in [0.15, 0.2) is 5.76 Å². The van der Waals surface area contributed by atoms with E-state index in [2.05, 4.69) is 10.3 Å². The van der Waals surface area contributed by atoms with E-state index < -0.39 is 0 Å². The van der Waals surface area contributed by atoms with Gasteiger partial charge in [0.1, 0.15) is 12.1 Å². The molecule has 0 unspecified atom stereocenters. The van der Waals surface area contributed by atoms with Crippen LogP contribution in [-0.2, 0) is 13.0 Å². The number of hydrogen-bond acceptors (Lipinski definition) is 3. The summed E-state index contributed by atoms with van der Waals surface area (Å²) in [5.41, 5.74) is 3.50. The summed E-state index contributed by atoms with van der Waals surface area (Å²) < 4.78 is 20.6. The van der Waals surface area contributed by atoms with Crippen LogP contribution in [0, 0.1) is 12.7 Å². The van der Waals surface area contributed by atoms with Crippen molar-refractivity contribution in [3.63, 3.8) is 0 Å². The molecule has 130 valence electrons. The monoisotopic (exact) mass is 341 g/mol. The fourth-order valence-corrected chi connectivity index (χ4v) is 2.78. The second-order valence-electron chi connectivity index (χ2n) is 5.80. The number of aromatic nitrogens is 2. The lowest BCUT2D eigenvalue weighted by Gasteiger charge is -2.04. The molecule has 3 aromatic rings. The van der Waals surface area contributed by atoms with Crippen molar-refractivity contribution in [1.82, 2.24) is 14.9 Å². The van der Waals surface area contributed by atoms with Gasteiger partial charge in [-0.3, -0.25) is 4.79 Å². The molecule has 0 aliphatic rings. The third-order valence-corrected chi connectivity index (χ3v) is 4.05. The van der Waals surface area contributed by atoms with Crippen LogP contribution in [0.1, 0.15) is 28.7 Å². The van der Waals surface area contributed by atoms with E-state index in [0.717, 1.165) is 29.1 Å². The predicted octanol–water partition coefficient (Wildman–Crippen LogP) is 3.58. The molecule has 6 heteroatoms.